The largest absolute Gasteiger partial charge is 0.477 e. The zero-order valence-corrected chi connectivity index (χ0v) is 10.8. The van der Waals surface area contributed by atoms with E-state index in [0.29, 0.717) is 12.3 Å². The van der Waals surface area contributed by atoms with Gasteiger partial charge >= 0.3 is 5.97 Å². The van der Waals surface area contributed by atoms with Gasteiger partial charge in [-0.05, 0) is 18.8 Å². The summed E-state index contributed by atoms with van der Waals surface area (Å²) >= 11 is 0. The Balaban J connectivity index is 1.84. The first-order valence-electron chi connectivity index (χ1n) is 6.73. The fourth-order valence-corrected chi connectivity index (χ4v) is 2.52. The summed E-state index contributed by atoms with van der Waals surface area (Å²) in [6.07, 6.45) is 7.63. The van der Waals surface area contributed by atoms with Crippen molar-refractivity contribution in [1.82, 2.24) is 10.2 Å². The molecule has 1 heterocycles. The third kappa shape index (κ3) is 4.08. The van der Waals surface area contributed by atoms with Gasteiger partial charge < -0.3 is 10.4 Å². The van der Waals surface area contributed by atoms with E-state index in [0.717, 1.165) is 12.8 Å². The third-order valence-electron chi connectivity index (χ3n) is 3.52. The molecule has 0 radical (unpaired) electrons. The molecule has 1 amide bonds. The van der Waals surface area contributed by atoms with E-state index in [1.165, 1.54) is 31.7 Å². The molecule has 0 bridgehead atoms. The molecule has 19 heavy (non-hydrogen) atoms. The van der Waals surface area contributed by atoms with Crippen molar-refractivity contribution in [2.45, 2.75) is 44.9 Å². The summed E-state index contributed by atoms with van der Waals surface area (Å²) in [4.78, 5) is 22.5. The Hall–Kier alpha value is -1.85. The molecule has 1 saturated carbocycles. The lowest BCUT2D eigenvalue weighted by Crippen LogP contribution is -2.16. The number of carbonyl (C=O) groups is 2. The van der Waals surface area contributed by atoms with Crippen LogP contribution in [0.4, 0.5) is 5.82 Å². The fourth-order valence-electron chi connectivity index (χ4n) is 2.52. The molecule has 104 valence electrons. The van der Waals surface area contributed by atoms with Crippen molar-refractivity contribution in [3.8, 4) is 0 Å². The molecular formula is C13H19N3O3. The summed E-state index contributed by atoms with van der Waals surface area (Å²) < 4.78 is 0. The van der Waals surface area contributed by atoms with Crippen molar-refractivity contribution in [2.24, 2.45) is 5.92 Å². The number of nitrogens with one attached hydrogen (secondary N) is 2. The highest BCUT2D eigenvalue weighted by Gasteiger charge is 2.17. The average Bonchev–Trinajstić information content (AvgIpc) is 2.67. The summed E-state index contributed by atoms with van der Waals surface area (Å²) in [6.45, 7) is 0. The minimum absolute atomic E-state index is 0.0234. The summed E-state index contributed by atoms with van der Waals surface area (Å²) in [5.74, 6) is -0.455. The molecule has 1 aromatic heterocycles. The molecular weight excluding hydrogens is 246 g/mol. The van der Waals surface area contributed by atoms with Gasteiger partial charge in [0.2, 0.25) is 5.91 Å². The zero-order chi connectivity index (χ0) is 13.7. The number of anilines is 1. The van der Waals surface area contributed by atoms with Crippen LogP contribution in [0.1, 0.15) is 55.4 Å². The second kappa shape index (κ2) is 6.36. The van der Waals surface area contributed by atoms with Gasteiger partial charge in [0.25, 0.3) is 0 Å². The number of aromatic amines is 1. The predicted octanol–water partition coefficient (Wildman–Crippen LogP) is 2.41. The van der Waals surface area contributed by atoms with Gasteiger partial charge in [0.1, 0.15) is 5.69 Å². The summed E-state index contributed by atoms with van der Waals surface area (Å²) in [5, 5.41) is 17.5. The molecule has 0 atom stereocenters. The monoisotopic (exact) mass is 265 g/mol. The van der Waals surface area contributed by atoms with Crippen LogP contribution >= 0.6 is 0 Å². The van der Waals surface area contributed by atoms with Crippen LogP contribution in [0.5, 0.6) is 0 Å². The van der Waals surface area contributed by atoms with Crippen molar-refractivity contribution in [3.63, 3.8) is 0 Å². The van der Waals surface area contributed by atoms with Crippen molar-refractivity contribution in [1.29, 1.82) is 0 Å². The Morgan fingerprint density at radius 2 is 2.00 bits per heavy atom. The Kier molecular flexibility index (Phi) is 4.54. The van der Waals surface area contributed by atoms with Crippen molar-refractivity contribution in [2.75, 3.05) is 5.32 Å². The van der Waals surface area contributed by atoms with Gasteiger partial charge in [-0.25, -0.2) is 4.79 Å². The first kappa shape index (κ1) is 13.6. The number of H-pyrrole nitrogens is 1. The summed E-state index contributed by atoms with van der Waals surface area (Å²) in [6, 6.07) is 1.33. The van der Waals surface area contributed by atoms with Crippen molar-refractivity contribution >= 4 is 17.7 Å². The van der Waals surface area contributed by atoms with Crippen LogP contribution in [0.2, 0.25) is 0 Å². The topological polar surface area (TPSA) is 95.1 Å². The molecule has 0 saturated heterocycles. The number of aromatic carboxylic acids is 1. The molecule has 0 unspecified atom stereocenters. The zero-order valence-electron chi connectivity index (χ0n) is 10.8. The number of rotatable bonds is 4. The first-order valence-corrected chi connectivity index (χ1v) is 6.73. The number of carboxylic acid groups (broad SMARTS) is 1. The average molecular weight is 265 g/mol. The molecule has 6 nitrogen and oxygen atoms in total. The number of hydrogen-bond acceptors (Lipinski definition) is 3. The van der Waals surface area contributed by atoms with E-state index in [4.69, 9.17) is 5.11 Å². The number of hydrogen-bond donors (Lipinski definition) is 3. The van der Waals surface area contributed by atoms with Gasteiger partial charge in [0.15, 0.2) is 5.82 Å². The van der Waals surface area contributed by atoms with E-state index in [9.17, 15) is 9.59 Å². The molecule has 1 aromatic rings. The number of amides is 1. The highest BCUT2D eigenvalue weighted by Crippen LogP contribution is 2.25. The molecule has 2 rings (SSSR count). The second-order valence-electron chi connectivity index (χ2n) is 5.08. The second-order valence-corrected chi connectivity index (χ2v) is 5.08. The van der Waals surface area contributed by atoms with Gasteiger partial charge in [-0.2, -0.15) is 5.10 Å². The molecule has 0 aromatic carbocycles. The standard InChI is InChI=1S/C13H19N3O3/c17-12(7-9-5-3-1-2-4-6-9)14-11-8-10(13(18)19)15-16-11/h8-9H,1-7H2,(H,18,19)(H2,14,15,16,17). The lowest BCUT2D eigenvalue weighted by molar-refractivity contribution is -0.117. The Morgan fingerprint density at radius 1 is 1.32 bits per heavy atom. The van der Waals surface area contributed by atoms with Gasteiger partial charge in [0, 0.05) is 12.5 Å². The smallest absolute Gasteiger partial charge is 0.353 e. The Morgan fingerprint density at radius 3 is 2.58 bits per heavy atom. The van der Waals surface area contributed by atoms with Gasteiger partial charge in [-0.3, -0.25) is 9.89 Å². The fraction of sp³-hybridized carbons (Fsp3) is 0.615. The Bertz CT molecular complexity index is 448. The molecule has 6 heteroatoms. The van der Waals surface area contributed by atoms with Gasteiger partial charge in [-0.1, -0.05) is 25.7 Å². The first-order chi connectivity index (χ1) is 9.15. The minimum Gasteiger partial charge on any atom is -0.477 e. The van der Waals surface area contributed by atoms with E-state index >= 15 is 0 Å². The predicted molar refractivity (Wildman–Crippen MR) is 70.0 cm³/mol. The normalized spacial score (nSPS) is 16.8. The molecule has 1 aliphatic carbocycles. The Labute approximate surface area is 111 Å². The lowest BCUT2D eigenvalue weighted by atomic mass is 9.96. The van der Waals surface area contributed by atoms with Crippen LogP contribution < -0.4 is 5.32 Å². The number of carbonyl (C=O) groups excluding carboxylic acids is 1. The maximum atomic E-state index is 11.9. The van der Waals surface area contributed by atoms with E-state index in [1.807, 2.05) is 0 Å². The van der Waals surface area contributed by atoms with E-state index in [1.54, 1.807) is 0 Å². The molecule has 1 aliphatic rings. The number of carboxylic acids is 1. The van der Waals surface area contributed by atoms with Crippen molar-refractivity contribution in [3.05, 3.63) is 11.8 Å². The maximum absolute atomic E-state index is 11.9. The highest BCUT2D eigenvalue weighted by molar-refractivity contribution is 5.92. The minimum atomic E-state index is -1.09. The molecule has 3 N–H and O–H groups in total. The maximum Gasteiger partial charge on any atom is 0.353 e. The SMILES string of the molecule is O=C(CC1CCCCCC1)Nc1cc(C(=O)O)[nH]n1. The van der Waals surface area contributed by atoms with Gasteiger partial charge in [-0.15, -0.1) is 0 Å². The lowest BCUT2D eigenvalue weighted by Gasteiger charge is -2.12. The van der Waals surface area contributed by atoms with E-state index in [2.05, 4.69) is 15.5 Å². The number of aromatic nitrogens is 2. The molecule has 0 spiro atoms. The van der Waals surface area contributed by atoms with Crippen LogP contribution in [0.3, 0.4) is 0 Å². The van der Waals surface area contributed by atoms with Crippen LogP contribution in [-0.4, -0.2) is 27.2 Å². The summed E-state index contributed by atoms with van der Waals surface area (Å²) in [5.41, 5.74) is -0.0234. The summed E-state index contributed by atoms with van der Waals surface area (Å²) in [7, 11) is 0. The van der Waals surface area contributed by atoms with E-state index in [-0.39, 0.29) is 17.4 Å². The molecule has 1 fully saturated rings. The quantitative estimate of drug-likeness (QED) is 0.728. The van der Waals surface area contributed by atoms with Crippen LogP contribution in [0, 0.1) is 5.92 Å². The molecule has 0 aliphatic heterocycles. The van der Waals surface area contributed by atoms with Crippen molar-refractivity contribution < 1.29 is 14.7 Å². The number of nitrogens with zero attached hydrogens (tertiary/aromatic N) is 1. The third-order valence-corrected chi connectivity index (χ3v) is 3.52. The highest BCUT2D eigenvalue weighted by atomic mass is 16.4. The van der Waals surface area contributed by atoms with Crippen LogP contribution in [-0.2, 0) is 4.79 Å². The van der Waals surface area contributed by atoms with Crippen LogP contribution in [0.15, 0.2) is 6.07 Å². The van der Waals surface area contributed by atoms with Gasteiger partial charge in [0.05, 0.1) is 0 Å². The van der Waals surface area contributed by atoms with E-state index < -0.39 is 5.97 Å². The van der Waals surface area contributed by atoms with Crippen LogP contribution in [0.25, 0.3) is 0 Å².